The summed E-state index contributed by atoms with van der Waals surface area (Å²) in [6, 6.07) is 11.4. The highest BCUT2D eigenvalue weighted by atomic mass is 16.5. The van der Waals surface area contributed by atoms with Crippen LogP contribution in [0.25, 0.3) is 0 Å². The third kappa shape index (κ3) is 3.84. The van der Waals surface area contributed by atoms with E-state index < -0.39 is 0 Å². The Hall–Kier alpha value is -2.47. The van der Waals surface area contributed by atoms with E-state index >= 15 is 0 Å². The van der Waals surface area contributed by atoms with Crippen molar-refractivity contribution in [2.75, 3.05) is 25.1 Å². The van der Waals surface area contributed by atoms with E-state index in [9.17, 15) is 4.79 Å². The van der Waals surface area contributed by atoms with E-state index in [4.69, 9.17) is 4.74 Å². The molecule has 23 heavy (non-hydrogen) atoms. The summed E-state index contributed by atoms with van der Waals surface area (Å²) in [5.74, 6) is 0.284. The van der Waals surface area contributed by atoms with Crippen LogP contribution in [0.2, 0.25) is 0 Å². The average Bonchev–Trinajstić information content (AvgIpc) is 3.13. The van der Waals surface area contributed by atoms with Gasteiger partial charge in [-0.25, -0.2) is 9.97 Å². The van der Waals surface area contributed by atoms with Crippen molar-refractivity contribution in [2.24, 2.45) is 0 Å². The first-order chi connectivity index (χ1) is 11.2. The molecule has 1 atom stereocenters. The smallest absolute Gasteiger partial charge is 0.270 e. The number of nitrogens with one attached hydrogen (secondary N) is 1. The van der Waals surface area contributed by atoms with Gasteiger partial charge in [0.2, 0.25) is 5.95 Å². The number of anilines is 2. The summed E-state index contributed by atoms with van der Waals surface area (Å²) in [5.41, 5.74) is 1.32. The Morgan fingerprint density at radius 2 is 2.17 bits per heavy atom. The Balaban J connectivity index is 1.67. The van der Waals surface area contributed by atoms with Gasteiger partial charge in [0.05, 0.1) is 6.10 Å². The number of carbonyl (C=O) groups is 1. The summed E-state index contributed by atoms with van der Waals surface area (Å²) in [6.45, 7) is 1.30. The minimum absolute atomic E-state index is 0.118. The van der Waals surface area contributed by atoms with Gasteiger partial charge in [-0.3, -0.25) is 4.79 Å². The molecule has 1 unspecified atom stereocenters. The third-order valence-electron chi connectivity index (χ3n) is 3.83. The van der Waals surface area contributed by atoms with Crippen LogP contribution in [-0.4, -0.2) is 42.2 Å². The highest BCUT2D eigenvalue weighted by Gasteiger charge is 2.18. The van der Waals surface area contributed by atoms with E-state index in [1.807, 2.05) is 42.3 Å². The highest BCUT2D eigenvalue weighted by molar-refractivity contribution is 5.92. The van der Waals surface area contributed by atoms with E-state index in [2.05, 4.69) is 15.3 Å². The molecular weight excluding hydrogens is 292 g/mol. The van der Waals surface area contributed by atoms with E-state index in [1.54, 1.807) is 12.3 Å². The summed E-state index contributed by atoms with van der Waals surface area (Å²) >= 11 is 0. The molecule has 120 valence electrons. The van der Waals surface area contributed by atoms with Crippen LogP contribution in [0.5, 0.6) is 0 Å². The molecule has 6 nitrogen and oxygen atoms in total. The number of nitrogens with zero attached hydrogens (tertiary/aromatic N) is 3. The number of benzene rings is 1. The van der Waals surface area contributed by atoms with Crippen molar-refractivity contribution in [1.82, 2.24) is 15.3 Å². The summed E-state index contributed by atoms with van der Waals surface area (Å²) in [4.78, 5) is 22.7. The Kier molecular flexibility index (Phi) is 4.83. The monoisotopic (exact) mass is 312 g/mol. The molecule has 1 N–H and O–H groups in total. The quantitative estimate of drug-likeness (QED) is 0.916. The van der Waals surface area contributed by atoms with Crippen LogP contribution in [0.3, 0.4) is 0 Å². The fourth-order valence-electron chi connectivity index (χ4n) is 2.51. The SMILES string of the molecule is CN(c1ccccc1)c1nccc(C(=O)NCC2CCCO2)n1. The Bertz CT molecular complexity index is 657. The van der Waals surface area contributed by atoms with Crippen LogP contribution >= 0.6 is 0 Å². The molecule has 0 spiro atoms. The molecule has 2 aromatic rings. The predicted molar refractivity (Wildman–Crippen MR) is 87.8 cm³/mol. The van der Waals surface area contributed by atoms with Crippen molar-refractivity contribution in [1.29, 1.82) is 0 Å². The van der Waals surface area contributed by atoms with Crippen molar-refractivity contribution in [3.8, 4) is 0 Å². The number of ether oxygens (including phenoxy) is 1. The summed E-state index contributed by atoms with van der Waals surface area (Å²) in [7, 11) is 1.87. The first-order valence-corrected chi connectivity index (χ1v) is 7.75. The van der Waals surface area contributed by atoms with Crippen LogP contribution in [0.4, 0.5) is 11.6 Å². The zero-order chi connectivity index (χ0) is 16.1. The Morgan fingerprint density at radius 3 is 2.91 bits per heavy atom. The second-order valence-electron chi connectivity index (χ2n) is 5.48. The fourth-order valence-corrected chi connectivity index (χ4v) is 2.51. The zero-order valence-corrected chi connectivity index (χ0v) is 13.1. The summed E-state index contributed by atoms with van der Waals surface area (Å²) < 4.78 is 5.50. The molecule has 1 aromatic carbocycles. The number of para-hydroxylation sites is 1. The van der Waals surface area contributed by atoms with Crippen LogP contribution < -0.4 is 10.2 Å². The van der Waals surface area contributed by atoms with E-state index in [0.717, 1.165) is 25.1 Å². The van der Waals surface area contributed by atoms with Gasteiger partial charge in [-0.15, -0.1) is 0 Å². The van der Waals surface area contributed by atoms with Crippen LogP contribution in [0.1, 0.15) is 23.3 Å². The lowest BCUT2D eigenvalue weighted by Crippen LogP contribution is -2.32. The number of amides is 1. The van der Waals surface area contributed by atoms with E-state index in [-0.39, 0.29) is 12.0 Å². The summed E-state index contributed by atoms with van der Waals surface area (Å²) in [5, 5.41) is 2.87. The lowest BCUT2D eigenvalue weighted by atomic mass is 10.2. The summed E-state index contributed by atoms with van der Waals surface area (Å²) in [6.07, 6.45) is 3.77. The molecule has 0 bridgehead atoms. The number of rotatable bonds is 5. The first-order valence-electron chi connectivity index (χ1n) is 7.75. The van der Waals surface area contributed by atoms with Gasteiger partial charge < -0.3 is 15.0 Å². The zero-order valence-electron chi connectivity index (χ0n) is 13.1. The van der Waals surface area contributed by atoms with Gasteiger partial charge in [-0.2, -0.15) is 0 Å². The number of hydrogen-bond donors (Lipinski definition) is 1. The molecule has 1 aliphatic rings. The predicted octanol–water partition coefficient (Wildman–Crippen LogP) is 2.15. The van der Waals surface area contributed by atoms with Gasteiger partial charge in [0, 0.05) is 32.1 Å². The molecule has 1 aliphatic heterocycles. The molecule has 1 fully saturated rings. The second-order valence-corrected chi connectivity index (χ2v) is 5.48. The van der Waals surface area contributed by atoms with Gasteiger partial charge >= 0.3 is 0 Å². The lowest BCUT2D eigenvalue weighted by molar-refractivity contribution is 0.0853. The fraction of sp³-hybridized carbons (Fsp3) is 0.353. The molecular formula is C17H20N4O2. The standard InChI is InChI=1S/C17H20N4O2/c1-21(13-6-3-2-4-7-13)17-18-10-9-15(20-17)16(22)19-12-14-8-5-11-23-14/h2-4,6-7,9-10,14H,5,8,11-12H2,1H3,(H,19,22). The first kappa shape index (κ1) is 15.4. The minimum Gasteiger partial charge on any atom is -0.376 e. The van der Waals surface area contributed by atoms with E-state index in [0.29, 0.717) is 18.2 Å². The number of hydrogen-bond acceptors (Lipinski definition) is 5. The normalized spacial score (nSPS) is 17.0. The molecule has 1 saturated heterocycles. The van der Waals surface area contributed by atoms with Gasteiger partial charge in [-0.05, 0) is 31.0 Å². The molecule has 1 aromatic heterocycles. The van der Waals surface area contributed by atoms with E-state index in [1.165, 1.54) is 0 Å². The largest absolute Gasteiger partial charge is 0.376 e. The second kappa shape index (κ2) is 7.19. The van der Waals surface area contributed by atoms with Gasteiger partial charge in [0.25, 0.3) is 5.91 Å². The minimum atomic E-state index is -0.203. The molecule has 3 rings (SSSR count). The highest BCUT2D eigenvalue weighted by Crippen LogP contribution is 2.19. The maximum absolute atomic E-state index is 12.2. The van der Waals surface area contributed by atoms with Crippen molar-refractivity contribution in [3.05, 3.63) is 48.3 Å². The number of carbonyl (C=O) groups excluding carboxylic acids is 1. The van der Waals surface area contributed by atoms with Gasteiger partial charge in [0.1, 0.15) is 5.69 Å². The maximum Gasteiger partial charge on any atom is 0.270 e. The Labute approximate surface area is 135 Å². The molecule has 1 amide bonds. The van der Waals surface area contributed by atoms with Gasteiger partial charge in [0.15, 0.2) is 0 Å². The molecule has 0 saturated carbocycles. The lowest BCUT2D eigenvalue weighted by Gasteiger charge is -2.17. The topological polar surface area (TPSA) is 67.4 Å². The number of aromatic nitrogens is 2. The van der Waals surface area contributed by atoms with Crippen molar-refractivity contribution < 1.29 is 9.53 Å². The Morgan fingerprint density at radius 1 is 1.35 bits per heavy atom. The van der Waals surface area contributed by atoms with Crippen LogP contribution in [0, 0.1) is 0 Å². The van der Waals surface area contributed by atoms with Crippen molar-refractivity contribution >= 4 is 17.5 Å². The third-order valence-corrected chi connectivity index (χ3v) is 3.83. The van der Waals surface area contributed by atoms with Crippen LogP contribution in [0.15, 0.2) is 42.6 Å². The molecule has 6 heteroatoms. The molecule has 0 aliphatic carbocycles. The van der Waals surface area contributed by atoms with Crippen molar-refractivity contribution in [2.45, 2.75) is 18.9 Å². The van der Waals surface area contributed by atoms with Gasteiger partial charge in [-0.1, -0.05) is 18.2 Å². The van der Waals surface area contributed by atoms with Crippen molar-refractivity contribution in [3.63, 3.8) is 0 Å². The average molecular weight is 312 g/mol. The van der Waals surface area contributed by atoms with Crippen LogP contribution in [-0.2, 0) is 4.74 Å². The maximum atomic E-state index is 12.2. The molecule has 0 radical (unpaired) electrons. The molecule has 2 heterocycles.